The van der Waals surface area contributed by atoms with E-state index in [0.717, 1.165) is 38.2 Å². The van der Waals surface area contributed by atoms with Crippen LogP contribution in [0.25, 0.3) is 0 Å². The molecule has 2 atom stereocenters. The summed E-state index contributed by atoms with van der Waals surface area (Å²) in [5.41, 5.74) is 0.945. The quantitative estimate of drug-likeness (QED) is 0.917. The van der Waals surface area contributed by atoms with Crippen LogP contribution in [0.15, 0.2) is 18.2 Å². The van der Waals surface area contributed by atoms with Crippen LogP contribution in [-0.2, 0) is 0 Å². The molecular formula is C16H25FN2O. The Hall–Kier alpha value is -1.29. The molecule has 3 nitrogen and oxygen atoms in total. The summed E-state index contributed by atoms with van der Waals surface area (Å²) in [6.45, 7) is 7.42. The molecule has 2 rings (SSSR count). The van der Waals surface area contributed by atoms with Gasteiger partial charge in [-0.1, -0.05) is 20.3 Å². The lowest BCUT2D eigenvalue weighted by molar-refractivity contribution is 0.382. The summed E-state index contributed by atoms with van der Waals surface area (Å²) in [7, 11) is 1.49. The second-order valence-electron chi connectivity index (χ2n) is 5.56. The van der Waals surface area contributed by atoms with Gasteiger partial charge < -0.3 is 15.0 Å². The summed E-state index contributed by atoms with van der Waals surface area (Å²) in [5, 5.41) is 3.61. The summed E-state index contributed by atoms with van der Waals surface area (Å²) in [6.07, 6.45) is 2.24. The van der Waals surface area contributed by atoms with Crippen molar-refractivity contribution in [3.8, 4) is 5.75 Å². The van der Waals surface area contributed by atoms with E-state index in [-0.39, 0.29) is 5.82 Å². The molecular weight excluding hydrogens is 255 g/mol. The molecule has 0 radical (unpaired) electrons. The number of nitrogens with one attached hydrogen (secondary N) is 1. The molecule has 1 N–H and O–H groups in total. The highest BCUT2D eigenvalue weighted by Crippen LogP contribution is 2.25. The number of anilines is 1. The summed E-state index contributed by atoms with van der Waals surface area (Å²) < 4.78 is 18.8. The van der Waals surface area contributed by atoms with E-state index in [1.165, 1.54) is 7.11 Å². The Bertz CT molecular complexity index is 438. The maximum absolute atomic E-state index is 13.9. The van der Waals surface area contributed by atoms with Gasteiger partial charge >= 0.3 is 0 Å². The van der Waals surface area contributed by atoms with Gasteiger partial charge in [-0.15, -0.1) is 0 Å². The summed E-state index contributed by atoms with van der Waals surface area (Å²) >= 11 is 0. The van der Waals surface area contributed by atoms with Crippen LogP contribution in [0.1, 0.15) is 26.7 Å². The second-order valence-corrected chi connectivity index (χ2v) is 5.56. The Kier molecular flexibility index (Phi) is 5.24. The number of rotatable bonds is 4. The molecule has 1 aromatic carbocycles. The van der Waals surface area contributed by atoms with Gasteiger partial charge in [0, 0.05) is 30.9 Å². The third-order valence-electron chi connectivity index (χ3n) is 4.26. The van der Waals surface area contributed by atoms with E-state index >= 15 is 0 Å². The highest BCUT2D eigenvalue weighted by Gasteiger charge is 2.22. The van der Waals surface area contributed by atoms with E-state index in [1.54, 1.807) is 12.1 Å². The van der Waals surface area contributed by atoms with E-state index in [1.807, 2.05) is 6.07 Å². The maximum atomic E-state index is 13.9. The summed E-state index contributed by atoms with van der Waals surface area (Å²) in [4.78, 5) is 2.28. The van der Waals surface area contributed by atoms with Crippen molar-refractivity contribution in [2.45, 2.75) is 32.7 Å². The third kappa shape index (κ3) is 3.42. The molecule has 0 spiro atoms. The molecule has 1 aliphatic heterocycles. The van der Waals surface area contributed by atoms with Crippen LogP contribution >= 0.6 is 0 Å². The van der Waals surface area contributed by atoms with Crippen LogP contribution < -0.4 is 15.0 Å². The molecule has 1 aromatic rings. The Morgan fingerprint density at radius 1 is 1.50 bits per heavy atom. The van der Waals surface area contributed by atoms with Crippen LogP contribution in [0.3, 0.4) is 0 Å². The van der Waals surface area contributed by atoms with Crippen molar-refractivity contribution in [3.63, 3.8) is 0 Å². The lowest BCUT2D eigenvalue weighted by Crippen LogP contribution is -2.42. The number of halogens is 1. The highest BCUT2D eigenvalue weighted by molar-refractivity contribution is 5.50. The van der Waals surface area contributed by atoms with Gasteiger partial charge in [0.15, 0.2) is 11.6 Å². The first kappa shape index (κ1) is 15.1. The van der Waals surface area contributed by atoms with Crippen molar-refractivity contribution in [2.75, 3.05) is 31.6 Å². The first-order chi connectivity index (χ1) is 9.65. The van der Waals surface area contributed by atoms with Crippen LogP contribution in [0.4, 0.5) is 10.1 Å². The molecule has 0 bridgehead atoms. The second kappa shape index (κ2) is 6.93. The van der Waals surface area contributed by atoms with Gasteiger partial charge in [0.2, 0.25) is 0 Å². The number of hydrogen-bond acceptors (Lipinski definition) is 3. The molecule has 1 saturated heterocycles. The van der Waals surface area contributed by atoms with E-state index in [0.29, 0.717) is 17.7 Å². The Morgan fingerprint density at radius 3 is 2.95 bits per heavy atom. The van der Waals surface area contributed by atoms with E-state index < -0.39 is 0 Å². The van der Waals surface area contributed by atoms with Crippen LogP contribution in [0, 0.1) is 11.7 Å². The van der Waals surface area contributed by atoms with Crippen LogP contribution in [0.2, 0.25) is 0 Å². The van der Waals surface area contributed by atoms with Crippen molar-refractivity contribution >= 4 is 5.69 Å². The van der Waals surface area contributed by atoms with Gasteiger partial charge in [0.25, 0.3) is 0 Å². The molecule has 0 saturated carbocycles. The average Bonchev–Trinajstić information content (AvgIpc) is 2.72. The number of ether oxygens (including phenoxy) is 1. The molecule has 0 amide bonds. The number of benzene rings is 1. The van der Waals surface area contributed by atoms with Gasteiger partial charge in [-0.05, 0) is 31.0 Å². The topological polar surface area (TPSA) is 24.5 Å². The lowest BCUT2D eigenvalue weighted by Gasteiger charge is -2.29. The largest absolute Gasteiger partial charge is 0.494 e. The normalized spacial score (nSPS) is 21.4. The molecule has 0 aliphatic carbocycles. The lowest BCUT2D eigenvalue weighted by atomic mass is 9.99. The molecule has 0 aromatic heterocycles. The molecule has 112 valence electrons. The molecule has 1 fully saturated rings. The SMILES string of the molecule is CCC(C)C1CN(c2ccc(OC)c(F)c2)CCCN1. The van der Waals surface area contributed by atoms with Gasteiger partial charge in [-0.2, -0.15) is 0 Å². The standard InChI is InChI=1S/C16H25FN2O/c1-4-12(2)15-11-19(9-5-8-18-15)13-6-7-16(20-3)14(17)10-13/h6-7,10,12,15,18H,4-5,8-9,11H2,1-3H3. The molecule has 1 heterocycles. The maximum Gasteiger partial charge on any atom is 0.167 e. The Balaban J connectivity index is 2.15. The number of methoxy groups -OCH3 is 1. The predicted molar refractivity (Wildman–Crippen MR) is 81.0 cm³/mol. The fourth-order valence-corrected chi connectivity index (χ4v) is 2.70. The van der Waals surface area contributed by atoms with Crippen molar-refractivity contribution in [1.29, 1.82) is 0 Å². The predicted octanol–water partition coefficient (Wildman–Crippen LogP) is 3.05. The fraction of sp³-hybridized carbons (Fsp3) is 0.625. The van der Waals surface area contributed by atoms with Gasteiger partial charge in [-0.3, -0.25) is 0 Å². The monoisotopic (exact) mass is 280 g/mol. The first-order valence-corrected chi connectivity index (χ1v) is 7.47. The highest BCUT2D eigenvalue weighted by atomic mass is 19.1. The minimum Gasteiger partial charge on any atom is -0.494 e. The average molecular weight is 280 g/mol. The molecule has 20 heavy (non-hydrogen) atoms. The zero-order valence-corrected chi connectivity index (χ0v) is 12.7. The van der Waals surface area contributed by atoms with Gasteiger partial charge in [0.1, 0.15) is 0 Å². The zero-order chi connectivity index (χ0) is 14.5. The van der Waals surface area contributed by atoms with E-state index in [9.17, 15) is 4.39 Å². The summed E-state index contributed by atoms with van der Waals surface area (Å²) in [6, 6.07) is 5.70. The molecule has 2 unspecified atom stereocenters. The van der Waals surface area contributed by atoms with Crippen LogP contribution in [0.5, 0.6) is 5.75 Å². The van der Waals surface area contributed by atoms with Crippen molar-refractivity contribution in [2.24, 2.45) is 5.92 Å². The van der Waals surface area contributed by atoms with Crippen molar-refractivity contribution in [1.82, 2.24) is 5.32 Å². The number of hydrogen-bond donors (Lipinski definition) is 1. The zero-order valence-electron chi connectivity index (χ0n) is 12.7. The van der Waals surface area contributed by atoms with Gasteiger partial charge in [0.05, 0.1) is 7.11 Å². The van der Waals surface area contributed by atoms with E-state index in [4.69, 9.17) is 4.74 Å². The molecule has 4 heteroatoms. The number of nitrogens with zero attached hydrogens (tertiary/aromatic N) is 1. The first-order valence-electron chi connectivity index (χ1n) is 7.47. The minimum absolute atomic E-state index is 0.290. The van der Waals surface area contributed by atoms with Gasteiger partial charge in [-0.25, -0.2) is 4.39 Å². The molecule has 1 aliphatic rings. The third-order valence-corrected chi connectivity index (χ3v) is 4.26. The minimum atomic E-state index is -0.290. The van der Waals surface area contributed by atoms with Crippen molar-refractivity contribution in [3.05, 3.63) is 24.0 Å². The van der Waals surface area contributed by atoms with Crippen LogP contribution in [-0.4, -0.2) is 32.8 Å². The smallest absolute Gasteiger partial charge is 0.167 e. The summed E-state index contributed by atoms with van der Waals surface area (Å²) in [5.74, 6) is 0.640. The van der Waals surface area contributed by atoms with Crippen molar-refractivity contribution < 1.29 is 9.13 Å². The Morgan fingerprint density at radius 2 is 2.30 bits per heavy atom. The Labute approximate surface area is 121 Å². The van der Waals surface area contributed by atoms with E-state index in [2.05, 4.69) is 24.1 Å². The fourth-order valence-electron chi connectivity index (χ4n) is 2.70.